The van der Waals surface area contributed by atoms with Crippen molar-refractivity contribution in [3.05, 3.63) is 133 Å². The Balaban J connectivity index is 1.68. The van der Waals surface area contributed by atoms with Crippen molar-refractivity contribution in [2.24, 2.45) is 0 Å². The molecule has 32 heavy (non-hydrogen) atoms. The molecule has 0 saturated heterocycles. The predicted octanol–water partition coefficient (Wildman–Crippen LogP) is 7.28. The van der Waals surface area contributed by atoms with Gasteiger partial charge in [0.05, 0.1) is 5.69 Å². The first-order chi connectivity index (χ1) is 15.8. The number of hydrogen-bond acceptors (Lipinski definition) is 1. The molecule has 0 aliphatic carbocycles. The van der Waals surface area contributed by atoms with E-state index in [1.165, 1.54) is 16.7 Å². The lowest BCUT2D eigenvalue weighted by Crippen LogP contribution is -2.13. The minimum Gasteiger partial charge on any atom is -0.310 e. The second kappa shape index (κ2) is 8.99. The molecule has 0 N–H and O–H groups in total. The summed E-state index contributed by atoms with van der Waals surface area (Å²) in [6, 6.07) is 46.2. The van der Waals surface area contributed by atoms with Crippen molar-refractivity contribution in [2.75, 3.05) is 4.90 Å². The van der Waals surface area contributed by atoms with E-state index in [2.05, 4.69) is 108 Å². The molecular weight excluding hydrogens is 385 g/mol. The lowest BCUT2D eigenvalue weighted by Gasteiger charge is -2.28. The van der Waals surface area contributed by atoms with E-state index in [0.717, 1.165) is 28.1 Å². The molecule has 0 unspecified atom stereocenters. The summed E-state index contributed by atoms with van der Waals surface area (Å²) in [7, 11) is 6.16. The third kappa shape index (κ3) is 4.08. The summed E-state index contributed by atoms with van der Waals surface area (Å²) in [6.45, 7) is 0. The number of rotatable bonds is 5. The van der Waals surface area contributed by atoms with Crippen molar-refractivity contribution in [3.8, 4) is 22.3 Å². The normalized spacial score (nSPS) is 10.6. The molecule has 2 heteroatoms. The molecule has 5 rings (SSSR count). The molecule has 0 bridgehead atoms. The molecule has 5 aromatic carbocycles. The van der Waals surface area contributed by atoms with Crippen LogP contribution in [0, 0.1) is 0 Å². The molecule has 0 aromatic heterocycles. The average Bonchev–Trinajstić information content (AvgIpc) is 2.86. The van der Waals surface area contributed by atoms with Gasteiger partial charge in [-0.2, -0.15) is 0 Å². The van der Waals surface area contributed by atoms with Crippen LogP contribution in [0.2, 0.25) is 0 Å². The van der Waals surface area contributed by atoms with Gasteiger partial charge in [-0.15, -0.1) is 0 Å². The SMILES string of the molecule is [B]c1cccc(N(c2ccccc2)c2ccccc2-c2cccc(-c3ccccc3)c2)c1. The van der Waals surface area contributed by atoms with Crippen molar-refractivity contribution in [1.29, 1.82) is 0 Å². The fourth-order valence-corrected chi connectivity index (χ4v) is 4.08. The number of para-hydroxylation sites is 2. The molecule has 1 nitrogen and oxygen atoms in total. The summed E-state index contributed by atoms with van der Waals surface area (Å²) >= 11 is 0. The molecule has 0 saturated carbocycles. The van der Waals surface area contributed by atoms with E-state index in [0.29, 0.717) is 0 Å². The average molecular weight is 407 g/mol. The maximum Gasteiger partial charge on any atom is 0.113 e. The quantitative estimate of drug-likeness (QED) is 0.277. The topological polar surface area (TPSA) is 3.24 Å². The monoisotopic (exact) mass is 407 g/mol. The number of anilines is 3. The van der Waals surface area contributed by atoms with Gasteiger partial charge in [0.25, 0.3) is 0 Å². The standard InChI is InChI=1S/C30H22BN/c31-26-15-10-18-28(22-26)32(27-16-5-2-6-17-27)30-20-8-7-19-29(30)25-14-9-13-24(21-25)23-11-3-1-4-12-23/h1-22H. The highest BCUT2D eigenvalue weighted by atomic mass is 15.1. The summed E-state index contributed by atoms with van der Waals surface area (Å²) in [6.07, 6.45) is 0. The van der Waals surface area contributed by atoms with Crippen molar-refractivity contribution in [2.45, 2.75) is 0 Å². The van der Waals surface area contributed by atoms with E-state index in [9.17, 15) is 0 Å². The second-order valence-electron chi connectivity index (χ2n) is 7.73. The molecule has 0 amide bonds. The Bertz CT molecular complexity index is 1330. The highest BCUT2D eigenvalue weighted by Gasteiger charge is 2.17. The predicted molar refractivity (Wildman–Crippen MR) is 137 cm³/mol. The van der Waals surface area contributed by atoms with Gasteiger partial charge >= 0.3 is 0 Å². The molecule has 0 heterocycles. The molecule has 0 fully saturated rings. The molecule has 0 aliphatic rings. The van der Waals surface area contributed by atoms with Crippen LogP contribution in [0.3, 0.4) is 0 Å². The summed E-state index contributed by atoms with van der Waals surface area (Å²) in [5, 5.41) is 0. The second-order valence-corrected chi connectivity index (χ2v) is 7.73. The molecular formula is C30H22BN. The van der Waals surface area contributed by atoms with Gasteiger partial charge in [0.2, 0.25) is 0 Å². The first-order valence-electron chi connectivity index (χ1n) is 10.8. The van der Waals surface area contributed by atoms with Crippen LogP contribution in [0.1, 0.15) is 0 Å². The van der Waals surface area contributed by atoms with Crippen LogP contribution in [0.25, 0.3) is 22.3 Å². The zero-order valence-corrected chi connectivity index (χ0v) is 17.7. The van der Waals surface area contributed by atoms with E-state index in [1.807, 2.05) is 30.3 Å². The van der Waals surface area contributed by atoms with Gasteiger partial charge in [0.1, 0.15) is 7.85 Å². The Morgan fingerprint density at radius 1 is 0.438 bits per heavy atom. The Morgan fingerprint density at radius 2 is 1.03 bits per heavy atom. The molecule has 0 aliphatic heterocycles. The maximum atomic E-state index is 6.16. The zero-order chi connectivity index (χ0) is 21.8. The van der Waals surface area contributed by atoms with Crippen LogP contribution >= 0.6 is 0 Å². The van der Waals surface area contributed by atoms with Gasteiger partial charge in [-0.1, -0.05) is 103 Å². The van der Waals surface area contributed by atoms with Crippen LogP contribution in [-0.2, 0) is 0 Å². The maximum absolute atomic E-state index is 6.16. The lowest BCUT2D eigenvalue weighted by atomic mass is 9.94. The first kappa shape index (κ1) is 19.9. The van der Waals surface area contributed by atoms with Gasteiger partial charge in [0, 0.05) is 16.9 Å². The number of hydrogen-bond donors (Lipinski definition) is 0. The van der Waals surface area contributed by atoms with E-state index < -0.39 is 0 Å². The van der Waals surface area contributed by atoms with Crippen molar-refractivity contribution < 1.29 is 0 Å². The first-order valence-corrected chi connectivity index (χ1v) is 10.8. The largest absolute Gasteiger partial charge is 0.310 e. The summed E-state index contributed by atoms with van der Waals surface area (Å²) in [4.78, 5) is 2.26. The Labute approximate surface area is 191 Å². The fourth-order valence-electron chi connectivity index (χ4n) is 4.08. The molecule has 2 radical (unpaired) electrons. The summed E-state index contributed by atoms with van der Waals surface area (Å²) in [5.41, 5.74) is 8.72. The van der Waals surface area contributed by atoms with Gasteiger partial charge in [-0.3, -0.25) is 0 Å². The molecule has 0 spiro atoms. The fraction of sp³-hybridized carbons (Fsp3) is 0. The van der Waals surface area contributed by atoms with Crippen LogP contribution in [0.4, 0.5) is 17.1 Å². The van der Waals surface area contributed by atoms with Crippen LogP contribution in [-0.4, -0.2) is 7.85 Å². The Morgan fingerprint density at radius 3 is 1.81 bits per heavy atom. The van der Waals surface area contributed by atoms with Crippen molar-refractivity contribution in [3.63, 3.8) is 0 Å². The minimum atomic E-state index is 0.743. The number of nitrogens with zero attached hydrogens (tertiary/aromatic N) is 1. The van der Waals surface area contributed by atoms with Crippen LogP contribution < -0.4 is 10.4 Å². The van der Waals surface area contributed by atoms with E-state index in [1.54, 1.807) is 0 Å². The van der Waals surface area contributed by atoms with E-state index >= 15 is 0 Å². The summed E-state index contributed by atoms with van der Waals surface area (Å²) < 4.78 is 0. The van der Waals surface area contributed by atoms with Gasteiger partial charge < -0.3 is 4.90 Å². The Kier molecular flexibility index (Phi) is 5.59. The zero-order valence-electron chi connectivity index (χ0n) is 17.7. The smallest absolute Gasteiger partial charge is 0.113 e. The third-order valence-electron chi connectivity index (χ3n) is 5.57. The van der Waals surface area contributed by atoms with Crippen LogP contribution in [0.5, 0.6) is 0 Å². The van der Waals surface area contributed by atoms with Crippen molar-refractivity contribution >= 4 is 30.4 Å². The van der Waals surface area contributed by atoms with Gasteiger partial charge in [0.15, 0.2) is 0 Å². The van der Waals surface area contributed by atoms with Crippen LogP contribution in [0.15, 0.2) is 133 Å². The third-order valence-corrected chi connectivity index (χ3v) is 5.57. The summed E-state index contributed by atoms with van der Waals surface area (Å²) in [5.74, 6) is 0. The number of benzene rings is 5. The molecule has 150 valence electrons. The Hall–Kier alpha value is -4.04. The van der Waals surface area contributed by atoms with E-state index in [4.69, 9.17) is 7.85 Å². The van der Waals surface area contributed by atoms with Crippen molar-refractivity contribution in [1.82, 2.24) is 0 Å². The van der Waals surface area contributed by atoms with Gasteiger partial charge in [-0.05, 0) is 53.1 Å². The molecule has 5 aromatic rings. The minimum absolute atomic E-state index is 0.743. The highest BCUT2D eigenvalue weighted by molar-refractivity contribution is 6.32. The van der Waals surface area contributed by atoms with Gasteiger partial charge in [-0.25, -0.2) is 0 Å². The highest BCUT2D eigenvalue weighted by Crippen LogP contribution is 2.40. The molecule has 0 atom stereocenters. The lowest BCUT2D eigenvalue weighted by molar-refractivity contribution is 1.29. The van der Waals surface area contributed by atoms with E-state index in [-0.39, 0.29) is 0 Å².